The third-order valence-corrected chi connectivity index (χ3v) is 7.21. The summed E-state index contributed by atoms with van der Waals surface area (Å²) in [5, 5.41) is 2.98. The van der Waals surface area contributed by atoms with Crippen LogP contribution in [0.4, 0.5) is 4.39 Å². The predicted molar refractivity (Wildman–Crippen MR) is 110 cm³/mol. The molecule has 0 aliphatic carbocycles. The van der Waals surface area contributed by atoms with Gasteiger partial charge in [0.2, 0.25) is 15.9 Å². The number of hydrogen-bond donors (Lipinski definition) is 1. The van der Waals surface area contributed by atoms with E-state index in [1.54, 1.807) is 0 Å². The van der Waals surface area contributed by atoms with Gasteiger partial charge in [0.05, 0.1) is 4.90 Å². The molecule has 1 fully saturated rings. The standard InChI is InChI=1S/C22H27FN2O3S/c1-17-4-2-5-18(16-17)6-3-13-24-22(26)19-11-14-25(15-12-19)29(27,28)21-9-7-20(23)8-10-21/h2,4-5,7-10,16,19H,3,6,11-15H2,1H3,(H,24,26). The number of amides is 1. The van der Waals surface area contributed by atoms with Crippen LogP contribution in [0.2, 0.25) is 0 Å². The lowest BCUT2D eigenvalue weighted by Gasteiger charge is -2.30. The fraction of sp³-hybridized carbons (Fsp3) is 0.409. The minimum absolute atomic E-state index is 0.00641. The van der Waals surface area contributed by atoms with Crippen molar-refractivity contribution in [2.45, 2.75) is 37.5 Å². The largest absolute Gasteiger partial charge is 0.356 e. The van der Waals surface area contributed by atoms with Crippen molar-refractivity contribution in [1.82, 2.24) is 9.62 Å². The van der Waals surface area contributed by atoms with Gasteiger partial charge in [0.1, 0.15) is 5.82 Å². The second kappa shape index (κ2) is 9.50. The molecule has 156 valence electrons. The summed E-state index contributed by atoms with van der Waals surface area (Å²) in [5.74, 6) is -0.650. The average Bonchev–Trinajstić information content (AvgIpc) is 2.71. The zero-order valence-corrected chi connectivity index (χ0v) is 17.4. The van der Waals surface area contributed by atoms with E-state index >= 15 is 0 Å². The molecule has 1 aliphatic heterocycles. The monoisotopic (exact) mass is 418 g/mol. The van der Waals surface area contributed by atoms with Crippen molar-refractivity contribution in [3.8, 4) is 0 Å². The van der Waals surface area contributed by atoms with Crippen LogP contribution in [0.15, 0.2) is 53.4 Å². The normalized spacial score (nSPS) is 15.9. The molecule has 7 heteroatoms. The molecule has 0 radical (unpaired) electrons. The third-order valence-electron chi connectivity index (χ3n) is 5.30. The van der Waals surface area contributed by atoms with Crippen molar-refractivity contribution >= 4 is 15.9 Å². The van der Waals surface area contributed by atoms with Gasteiger partial charge in [-0.2, -0.15) is 4.31 Å². The van der Waals surface area contributed by atoms with Crippen LogP contribution in [-0.2, 0) is 21.2 Å². The van der Waals surface area contributed by atoms with Crippen molar-refractivity contribution < 1.29 is 17.6 Å². The number of rotatable bonds is 7. The van der Waals surface area contributed by atoms with Crippen LogP contribution in [0.3, 0.4) is 0 Å². The Kier molecular flexibility index (Phi) is 7.03. The molecule has 0 saturated carbocycles. The Bertz CT molecular complexity index is 937. The fourth-order valence-corrected chi connectivity index (χ4v) is 5.10. The highest BCUT2D eigenvalue weighted by atomic mass is 32.2. The van der Waals surface area contributed by atoms with E-state index in [1.165, 1.54) is 27.6 Å². The summed E-state index contributed by atoms with van der Waals surface area (Å²) in [5.41, 5.74) is 2.49. The van der Waals surface area contributed by atoms with Crippen molar-refractivity contribution in [2.75, 3.05) is 19.6 Å². The first-order valence-electron chi connectivity index (χ1n) is 9.95. The summed E-state index contributed by atoms with van der Waals surface area (Å²) in [4.78, 5) is 12.5. The molecule has 29 heavy (non-hydrogen) atoms. The first-order chi connectivity index (χ1) is 13.9. The van der Waals surface area contributed by atoms with Gasteiger partial charge in [-0.15, -0.1) is 0 Å². The Morgan fingerprint density at radius 2 is 1.83 bits per heavy atom. The quantitative estimate of drug-likeness (QED) is 0.702. The Balaban J connectivity index is 1.44. The molecule has 0 spiro atoms. The second-order valence-corrected chi connectivity index (χ2v) is 9.45. The maximum atomic E-state index is 13.0. The van der Waals surface area contributed by atoms with Gasteiger partial charge in [-0.05, 0) is 62.4 Å². The molecular formula is C22H27FN2O3S. The fourth-order valence-electron chi connectivity index (χ4n) is 3.63. The number of benzene rings is 2. The van der Waals surface area contributed by atoms with Crippen LogP contribution in [-0.4, -0.2) is 38.3 Å². The van der Waals surface area contributed by atoms with Gasteiger partial charge in [-0.1, -0.05) is 29.8 Å². The number of halogens is 1. The highest BCUT2D eigenvalue weighted by Gasteiger charge is 2.31. The molecule has 1 N–H and O–H groups in total. The maximum absolute atomic E-state index is 13.0. The number of hydrogen-bond acceptors (Lipinski definition) is 3. The summed E-state index contributed by atoms with van der Waals surface area (Å²) in [6.45, 7) is 3.26. The van der Waals surface area contributed by atoms with Gasteiger partial charge in [-0.3, -0.25) is 4.79 Å². The predicted octanol–water partition coefficient (Wildman–Crippen LogP) is 3.28. The smallest absolute Gasteiger partial charge is 0.243 e. The van der Waals surface area contributed by atoms with Crippen molar-refractivity contribution in [1.29, 1.82) is 0 Å². The number of aryl methyl sites for hydroxylation is 2. The summed E-state index contributed by atoms with van der Waals surface area (Å²) >= 11 is 0. The summed E-state index contributed by atoms with van der Waals surface area (Å²) in [6, 6.07) is 13.2. The van der Waals surface area contributed by atoms with Crippen LogP contribution in [0.25, 0.3) is 0 Å². The molecule has 0 atom stereocenters. The van der Waals surface area contributed by atoms with Gasteiger partial charge in [-0.25, -0.2) is 12.8 Å². The van der Waals surface area contributed by atoms with Gasteiger partial charge in [0, 0.05) is 25.6 Å². The summed E-state index contributed by atoms with van der Waals surface area (Å²) < 4.78 is 39.7. The molecule has 1 saturated heterocycles. The molecule has 2 aromatic carbocycles. The molecule has 1 amide bonds. The minimum atomic E-state index is -3.65. The Labute approximate surface area is 172 Å². The van der Waals surface area contributed by atoms with E-state index in [1.807, 2.05) is 6.07 Å². The number of sulfonamides is 1. The highest BCUT2D eigenvalue weighted by molar-refractivity contribution is 7.89. The average molecular weight is 419 g/mol. The first-order valence-corrected chi connectivity index (χ1v) is 11.4. The number of carbonyl (C=O) groups is 1. The first kappa shape index (κ1) is 21.5. The van der Waals surface area contributed by atoms with Crippen molar-refractivity contribution in [3.63, 3.8) is 0 Å². The van der Waals surface area contributed by atoms with E-state index in [-0.39, 0.29) is 16.7 Å². The van der Waals surface area contributed by atoms with Gasteiger partial charge < -0.3 is 5.32 Å². The van der Waals surface area contributed by atoms with E-state index in [2.05, 4.69) is 30.4 Å². The van der Waals surface area contributed by atoms with Crippen LogP contribution >= 0.6 is 0 Å². The lowest BCUT2D eigenvalue weighted by molar-refractivity contribution is -0.126. The van der Waals surface area contributed by atoms with E-state index in [0.717, 1.165) is 25.0 Å². The minimum Gasteiger partial charge on any atom is -0.356 e. The highest BCUT2D eigenvalue weighted by Crippen LogP contribution is 2.24. The number of nitrogens with one attached hydrogen (secondary N) is 1. The Morgan fingerprint density at radius 1 is 1.14 bits per heavy atom. The van der Waals surface area contributed by atoms with E-state index in [0.29, 0.717) is 32.5 Å². The number of piperidine rings is 1. The zero-order chi connectivity index (χ0) is 20.9. The molecule has 5 nitrogen and oxygen atoms in total. The molecule has 0 unspecified atom stereocenters. The second-order valence-electron chi connectivity index (χ2n) is 7.52. The van der Waals surface area contributed by atoms with Crippen molar-refractivity contribution in [2.24, 2.45) is 5.92 Å². The molecule has 1 aliphatic rings. The SMILES string of the molecule is Cc1cccc(CCCNC(=O)C2CCN(S(=O)(=O)c3ccc(F)cc3)CC2)c1. The molecule has 3 rings (SSSR count). The molecule has 0 bridgehead atoms. The van der Waals surface area contributed by atoms with E-state index in [9.17, 15) is 17.6 Å². The van der Waals surface area contributed by atoms with Crippen LogP contribution in [0, 0.1) is 18.7 Å². The molecule has 0 aromatic heterocycles. The van der Waals surface area contributed by atoms with Gasteiger partial charge >= 0.3 is 0 Å². The third kappa shape index (κ3) is 5.64. The topological polar surface area (TPSA) is 66.5 Å². The summed E-state index contributed by atoms with van der Waals surface area (Å²) in [7, 11) is -3.65. The van der Waals surface area contributed by atoms with Crippen LogP contribution in [0.1, 0.15) is 30.4 Å². The summed E-state index contributed by atoms with van der Waals surface area (Å²) in [6.07, 6.45) is 2.76. The Hall–Kier alpha value is -2.25. The van der Waals surface area contributed by atoms with Crippen molar-refractivity contribution in [3.05, 3.63) is 65.5 Å². The number of nitrogens with zero attached hydrogens (tertiary/aromatic N) is 1. The van der Waals surface area contributed by atoms with Crippen LogP contribution < -0.4 is 5.32 Å². The number of carbonyl (C=O) groups excluding carboxylic acids is 1. The maximum Gasteiger partial charge on any atom is 0.243 e. The van der Waals surface area contributed by atoms with E-state index < -0.39 is 15.8 Å². The van der Waals surface area contributed by atoms with Gasteiger partial charge in [0.25, 0.3) is 0 Å². The molecular weight excluding hydrogens is 391 g/mol. The lowest BCUT2D eigenvalue weighted by atomic mass is 9.97. The lowest BCUT2D eigenvalue weighted by Crippen LogP contribution is -2.43. The van der Waals surface area contributed by atoms with Gasteiger partial charge in [0.15, 0.2) is 0 Å². The van der Waals surface area contributed by atoms with Crippen LogP contribution in [0.5, 0.6) is 0 Å². The molecule has 2 aromatic rings. The Morgan fingerprint density at radius 3 is 2.48 bits per heavy atom. The molecule has 1 heterocycles. The zero-order valence-electron chi connectivity index (χ0n) is 16.6. The van der Waals surface area contributed by atoms with E-state index in [4.69, 9.17) is 0 Å².